The number of pyridine rings is 2. The van der Waals surface area contributed by atoms with Crippen molar-refractivity contribution in [2.24, 2.45) is 0 Å². The van der Waals surface area contributed by atoms with Gasteiger partial charge in [0.1, 0.15) is 12.3 Å². The third-order valence-corrected chi connectivity index (χ3v) is 16.3. The molecule has 0 bridgehead atoms. The third kappa shape index (κ3) is 19.9. The van der Waals surface area contributed by atoms with Crippen LogP contribution in [0.3, 0.4) is 0 Å². The maximum absolute atomic E-state index is 4.22. The predicted molar refractivity (Wildman–Crippen MR) is 293 cm³/mol. The molecule has 10 rings (SSSR count). The van der Waals surface area contributed by atoms with E-state index in [0.29, 0.717) is 0 Å². The number of allylic oxidation sites excluding steroid dienone is 6. The quantitative estimate of drug-likeness (QED) is 0.106. The van der Waals surface area contributed by atoms with E-state index >= 15 is 0 Å². The number of nitrogens with zero attached hydrogens (tertiary/aromatic N) is 2. The summed E-state index contributed by atoms with van der Waals surface area (Å²) in [6.45, 7) is 4.13. The summed E-state index contributed by atoms with van der Waals surface area (Å²) in [7, 11) is -1.57. The Bertz CT molecular complexity index is 2420. The molecule has 68 heavy (non-hydrogen) atoms. The summed E-state index contributed by atoms with van der Waals surface area (Å²) in [5.41, 5.74) is 12.5. The van der Waals surface area contributed by atoms with Gasteiger partial charge in [-0.3, -0.25) is 9.97 Å². The van der Waals surface area contributed by atoms with E-state index in [2.05, 4.69) is 169 Å². The van der Waals surface area contributed by atoms with Gasteiger partial charge in [0.05, 0.1) is 48.4 Å². The summed E-state index contributed by atoms with van der Waals surface area (Å²) < 4.78 is 0. The minimum atomic E-state index is -0.783. The molecule has 346 valence electrons. The van der Waals surface area contributed by atoms with E-state index in [0.717, 1.165) is 22.5 Å². The van der Waals surface area contributed by atoms with Crippen molar-refractivity contribution in [1.29, 1.82) is 0 Å². The summed E-state index contributed by atoms with van der Waals surface area (Å²) >= 11 is 0. The summed E-state index contributed by atoms with van der Waals surface area (Å²) in [6, 6.07) is 78.1. The number of rotatable bonds is 9. The maximum atomic E-state index is 4.22. The van der Waals surface area contributed by atoms with Crippen LogP contribution in [0, 0.1) is 25.0 Å². The molecule has 0 atom stereocenters. The van der Waals surface area contributed by atoms with Crippen molar-refractivity contribution < 1.29 is 45.0 Å². The smallest absolute Gasteiger partial charge is 0.101 e. The fraction of sp³-hybridized carbons (Fsp3) is 0.0645. The zero-order chi connectivity index (χ0) is 45.7. The molecule has 0 spiro atoms. The summed E-state index contributed by atoms with van der Waals surface area (Å²) in [4.78, 5) is 8.44. The first-order chi connectivity index (χ1) is 32.6. The van der Waals surface area contributed by atoms with Gasteiger partial charge >= 0.3 is 0 Å². The number of aromatic nitrogens is 2. The largest absolute Gasteiger partial charge is 0.256 e. The normalized spacial score (nSPS) is 11.5. The second kappa shape index (κ2) is 33.0. The Balaban J connectivity index is 0.000000333. The van der Waals surface area contributed by atoms with E-state index in [4.69, 9.17) is 0 Å². The monoisotopic (exact) mass is 1280 g/mol. The van der Waals surface area contributed by atoms with Crippen molar-refractivity contribution in [2.75, 3.05) is 12.3 Å². The van der Waals surface area contributed by atoms with Crippen LogP contribution >= 0.6 is 15.8 Å². The second-order valence-electron chi connectivity index (χ2n) is 15.1. The van der Waals surface area contributed by atoms with Crippen molar-refractivity contribution >= 4 is 37.1 Å². The number of benzene rings is 6. The molecule has 0 N–H and O–H groups in total. The Morgan fingerprint density at radius 2 is 0.706 bits per heavy atom. The Kier molecular flexibility index (Phi) is 26.7. The van der Waals surface area contributed by atoms with Crippen LogP contribution in [0.5, 0.6) is 0 Å². The molecule has 2 nitrogen and oxygen atoms in total. The van der Waals surface area contributed by atoms with Gasteiger partial charge in [-0.15, -0.1) is 11.5 Å². The third-order valence-electron chi connectivity index (χ3n) is 10.2. The molecule has 0 aliphatic heterocycles. The SMILES string of the molecule is CC1=CC=C=C[CH]1.CC1=CC=C=C[CH]1.[HH].[HH].[Pt].[Pt].[c]1ccccc1-c1ccccn1.[c]1ccccc1-c1ccccn1.c1ccc([PH+](CC[PH+](c2ccccc2)c2ccccc2)c2ccccc2)cc1. The Hall–Kier alpha value is -5.62. The van der Waals surface area contributed by atoms with Gasteiger partial charge in [0.2, 0.25) is 0 Å². The van der Waals surface area contributed by atoms with Crippen LogP contribution in [0.4, 0.5) is 0 Å². The van der Waals surface area contributed by atoms with Crippen LogP contribution in [0.1, 0.15) is 16.7 Å². The standard InChI is InChI=1S/C26H24P2.2C11H8N.2C7H7.2Pt.2H2/c1-5-13-23(14-6-1)27(24-15-7-2-8-16-24)21-22-28(25-17-9-3-10-18-25)26-19-11-4-12-20-26;2*1-2-6-10(7-3-1)11-8-4-5-9-12-11;2*1-7-5-3-2-4-6-7;;;;/h1-20H,21-22H2;2*1-6,8-9H;2*3-6H,1H3;;;2*1H/p+2. The van der Waals surface area contributed by atoms with Gasteiger partial charge in [0.15, 0.2) is 0 Å². The molecular formula is C62H60N2P2Pt2+2. The maximum Gasteiger partial charge on any atom is 0.101 e. The number of hydrogen-bond acceptors (Lipinski definition) is 2. The molecule has 2 aliphatic rings. The van der Waals surface area contributed by atoms with E-state index in [1.807, 2.05) is 134 Å². The van der Waals surface area contributed by atoms with Crippen molar-refractivity contribution in [1.82, 2.24) is 9.97 Å². The summed E-state index contributed by atoms with van der Waals surface area (Å²) in [5, 5.41) is 6.06. The van der Waals surface area contributed by atoms with Crippen molar-refractivity contribution in [2.45, 2.75) is 13.8 Å². The minimum Gasteiger partial charge on any atom is -0.256 e. The van der Waals surface area contributed by atoms with Crippen molar-refractivity contribution in [3.05, 3.63) is 303 Å². The Morgan fingerprint density at radius 3 is 0.941 bits per heavy atom. The topological polar surface area (TPSA) is 25.8 Å². The minimum absolute atomic E-state index is 0. The van der Waals surface area contributed by atoms with Crippen LogP contribution in [-0.4, -0.2) is 22.3 Å². The van der Waals surface area contributed by atoms with Gasteiger partial charge in [0.25, 0.3) is 0 Å². The van der Waals surface area contributed by atoms with Crippen LogP contribution in [0.25, 0.3) is 22.5 Å². The molecule has 8 aromatic rings. The van der Waals surface area contributed by atoms with E-state index in [-0.39, 0.29) is 45.0 Å². The van der Waals surface area contributed by atoms with Crippen LogP contribution < -0.4 is 21.2 Å². The van der Waals surface area contributed by atoms with E-state index in [1.54, 1.807) is 12.4 Å². The fourth-order valence-corrected chi connectivity index (χ4v) is 13.0. The Morgan fingerprint density at radius 1 is 0.382 bits per heavy atom. The molecule has 0 saturated heterocycles. The average molecular weight is 1290 g/mol. The van der Waals surface area contributed by atoms with Crippen LogP contribution in [0.2, 0.25) is 0 Å². The second-order valence-corrected chi connectivity index (χ2v) is 20.3. The zero-order valence-corrected chi connectivity index (χ0v) is 44.9. The first kappa shape index (κ1) is 55.0. The van der Waals surface area contributed by atoms with Crippen molar-refractivity contribution in [3.63, 3.8) is 0 Å². The van der Waals surface area contributed by atoms with E-state index in [9.17, 15) is 0 Å². The molecule has 0 amide bonds. The van der Waals surface area contributed by atoms with E-state index < -0.39 is 15.8 Å². The molecule has 2 heterocycles. The molecule has 2 aliphatic carbocycles. The fourth-order valence-electron chi connectivity index (χ4n) is 6.81. The molecular weight excluding hydrogens is 1220 g/mol. The van der Waals surface area contributed by atoms with Gasteiger partial charge in [-0.2, -0.15) is 0 Å². The number of hydrogen-bond donors (Lipinski definition) is 0. The van der Waals surface area contributed by atoms with Gasteiger partial charge < -0.3 is 0 Å². The molecule has 0 saturated carbocycles. The summed E-state index contributed by atoms with van der Waals surface area (Å²) in [5.74, 6) is 0. The Labute approximate surface area is 440 Å². The summed E-state index contributed by atoms with van der Waals surface area (Å²) in [6.07, 6.45) is 21.9. The first-order valence-electron chi connectivity index (χ1n) is 22.2. The first-order valence-corrected chi connectivity index (χ1v) is 25.6. The predicted octanol–water partition coefficient (Wildman–Crippen LogP) is 14.0. The van der Waals surface area contributed by atoms with E-state index in [1.165, 1.54) is 44.7 Å². The van der Waals surface area contributed by atoms with Crippen molar-refractivity contribution in [3.8, 4) is 22.5 Å². The molecule has 4 radical (unpaired) electrons. The zero-order valence-electron chi connectivity index (χ0n) is 38.3. The molecule has 6 heteroatoms. The van der Waals surface area contributed by atoms with Crippen LogP contribution in [-0.2, 0) is 42.1 Å². The van der Waals surface area contributed by atoms with Gasteiger partial charge in [-0.25, -0.2) is 0 Å². The van der Waals surface area contributed by atoms with Crippen LogP contribution in [0.15, 0.2) is 278 Å². The van der Waals surface area contributed by atoms with Gasteiger partial charge in [-0.05, 0) is 123 Å². The van der Waals surface area contributed by atoms with Gasteiger partial charge in [-0.1, -0.05) is 157 Å². The average Bonchev–Trinajstić information content (AvgIpc) is 3.41. The molecule has 6 aromatic carbocycles. The molecule has 0 fully saturated rings. The van der Waals surface area contributed by atoms with Gasteiger partial charge in [0, 0.05) is 81.3 Å². The molecule has 0 unspecified atom stereocenters. The molecule has 2 aromatic heterocycles.